The van der Waals surface area contributed by atoms with E-state index in [1.54, 1.807) is 12.1 Å². The Balaban J connectivity index is 1.61. The molecule has 0 aliphatic heterocycles. The molecule has 0 bridgehead atoms. The van der Waals surface area contributed by atoms with Gasteiger partial charge in [-0.3, -0.25) is 9.59 Å². The lowest BCUT2D eigenvalue weighted by Gasteiger charge is -2.14. The maximum atomic E-state index is 12.5. The fraction of sp³-hybridized carbons (Fsp3) is 0.440. The molecular formula is C25H28Br6N2O6S2. The number of carbonyl (C=O) groups excluding carboxylic acids is 2. The van der Waals surface area contributed by atoms with Crippen LogP contribution in [0.25, 0.3) is 0 Å². The fourth-order valence-electron chi connectivity index (χ4n) is 3.62. The summed E-state index contributed by atoms with van der Waals surface area (Å²) in [7, 11) is -7.56. The van der Waals surface area contributed by atoms with Gasteiger partial charge in [0.05, 0.1) is 9.79 Å². The van der Waals surface area contributed by atoms with E-state index in [2.05, 4.69) is 106 Å². The van der Waals surface area contributed by atoms with Crippen molar-refractivity contribution in [2.45, 2.75) is 57.7 Å². The lowest BCUT2D eigenvalue weighted by atomic mass is 10.1. The van der Waals surface area contributed by atoms with Crippen molar-refractivity contribution in [1.82, 2.24) is 10.6 Å². The van der Waals surface area contributed by atoms with Crippen molar-refractivity contribution >= 4 is 127 Å². The number of carbonyl (C=O) groups is 2. The smallest absolute Gasteiger partial charge is 0.251 e. The summed E-state index contributed by atoms with van der Waals surface area (Å²) >= 11 is 18.1. The zero-order valence-electron chi connectivity index (χ0n) is 21.5. The molecule has 2 aromatic rings. The molecule has 16 heteroatoms. The van der Waals surface area contributed by atoms with Crippen LogP contribution in [0.4, 0.5) is 0 Å². The van der Waals surface area contributed by atoms with Gasteiger partial charge in [-0.05, 0) is 145 Å². The van der Waals surface area contributed by atoms with Crippen LogP contribution in [-0.2, 0) is 19.7 Å². The topological polar surface area (TPSA) is 126 Å². The largest absolute Gasteiger partial charge is 0.352 e. The van der Waals surface area contributed by atoms with Crippen LogP contribution >= 0.6 is 95.6 Å². The molecule has 0 heterocycles. The lowest BCUT2D eigenvalue weighted by Crippen LogP contribution is -2.25. The van der Waals surface area contributed by atoms with Gasteiger partial charge in [0.25, 0.3) is 11.8 Å². The van der Waals surface area contributed by atoms with Crippen molar-refractivity contribution in [3.8, 4) is 0 Å². The van der Waals surface area contributed by atoms with Crippen LogP contribution in [0, 0.1) is 0 Å². The van der Waals surface area contributed by atoms with Crippen molar-refractivity contribution in [3.63, 3.8) is 0 Å². The molecule has 0 saturated carbocycles. The predicted molar refractivity (Wildman–Crippen MR) is 183 cm³/mol. The molecule has 2 aromatic carbocycles. The Morgan fingerprint density at radius 1 is 0.561 bits per heavy atom. The minimum absolute atomic E-state index is 0.00562. The number of amides is 2. The molecule has 0 aromatic heterocycles. The van der Waals surface area contributed by atoms with E-state index in [1.807, 2.05) is 0 Å². The van der Waals surface area contributed by atoms with Crippen LogP contribution in [-0.4, -0.2) is 44.7 Å². The molecule has 0 radical (unpaired) electrons. The summed E-state index contributed by atoms with van der Waals surface area (Å²) in [5, 5.41) is 5.66. The third-order valence-corrected chi connectivity index (χ3v) is 16.5. The van der Waals surface area contributed by atoms with Crippen molar-refractivity contribution in [3.05, 3.63) is 59.7 Å². The van der Waals surface area contributed by atoms with E-state index in [0.717, 1.165) is 44.9 Å². The van der Waals surface area contributed by atoms with Gasteiger partial charge in [0, 0.05) is 24.2 Å². The second-order valence-electron chi connectivity index (χ2n) is 8.94. The van der Waals surface area contributed by atoms with Crippen LogP contribution in [0.2, 0.25) is 0 Å². The normalized spacial score (nSPS) is 12.6. The van der Waals surface area contributed by atoms with E-state index < -0.39 is 22.6 Å². The van der Waals surface area contributed by atoms with Gasteiger partial charge in [-0.1, -0.05) is 44.2 Å². The Hall–Kier alpha value is 0.160. The molecule has 8 nitrogen and oxygen atoms in total. The molecule has 41 heavy (non-hydrogen) atoms. The van der Waals surface area contributed by atoms with Crippen LogP contribution < -0.4 is 10.6 Å². The number of sulfone groups is 2. The lowest BCUT2D eigenvalue weighted by molar-refractivity contribution is 0.0944. The molecule has 0 aliphatic carbocycles. The van der Waals surface area contributed by atoms with Gasteiger partial charge >= 0.3 is 0 Å². The fourth-order valence-corrected chi connectivity index (χ4v) is 8.60. The van der Waals surface area contributed by atoms with Gasteiger partial charge in [-0.15, -0.1) is 0 Å². The first-order valence-electron chi connectivity index (χ1n) is 12.4. The van der Waals surface area contributed by atoms with Crippen LogP contribution in [0.1, 0.15) is 65.7 Å². The molecule has 2 rings (SSSR count). The molecule has 0 spiro atoms. The van der Waals surface area contributed by atoms with E-state index in [1.165, 1.54) is 36.4 Å². The predicted octanol–water partition coefficient (Wildman–Crippen LogP) is 7.72. The Labute approximate surface area is 291 Å². The quantitative estimate of drug-likeness (QED) is 0.148. The van der Waals surface area contributed by atoms with Crippen LogP contribution in [0.5, 0.6) is 0 Å². The number of benzene rings is 2. The Kier molecular flexibility index (Phi) is 15.0. The highest BCUT2D eigenvalue weighted by Gasteiger charge is 2.38. The molecule has 2 N–H and O–H groups in total. The average molecular weight is 996 g/mol. The monoisotopic (exact) mass is 990 g/mol. The van der Waals surface area contributed by atoms with Crippen molar-refractivity contribution in [1.29, 1.82) is 0 Å². The van der Waals surface area contributed by atoms with E-state index in [0.29, 0.717) is 13.1 Å². The third-order valence-electron chi connectivity index (χ3n) is 5.85. The summed E-state index contributed by atoms with van der Waals surface area (Å²) in [6.07, 6.45) is 6.56. The summed E-state index contributed by atoms with van der Waals surface area (Å²) in [4.78, 5) is 24.9. The summed E-state index contributed by atoms with van der Waals surface area (Å²) in [5.41, 5.74) is 0.540. The number of halogens is 6. The van der Waals surface area contributed by atoms with E-state index >= 15 is 0 Å². The number of alkyl halides is 6. The summed E-state index contributed by atoms with van der Waals surface area (Å²) < 4.78 is 47.0. The van der Waals surface area contributed by atoms with E-state index in [-0.39, 0.29) is 32.7 Å². The summed E-state index contributed by atoms with van der Waals surface area (Å²) in [6.45, 7) is 0.983. The molecule has 228 valence electrons. The van der Waals surface area contributed by atoms with Gasteiger partial charge in [0.15, 0.2) is 0 Å². The van der Waals surface area contributed by atoms with Gasteiger partial charge in [-0.2, -0.15) is 0 Å². The Morgan fingerprint density at radius 3 is 1.20 bits per heavy atom. The number of unbranched alkanes of at least 4 members (excludes halogenated alkanes) is 6. The zero-order valence-corrected chi connectivity index (χ0v) is 32.7. The van der Waals surface area contributed by atoms with E-state index in [4.69, 9.17) is 0 Å². The molecule has 0 fully saturated rings. The minimum atomic E-state index is -3.78. The van der Waals surface area contributed by atoms with Crippen molar-refractivity contribution in [2.24, 2.45) is 0 Å². The maximum Gasteiger partial charge on any atom is 0.251 e. The number of rotatable bonds is 14. The first kappa shape index (κ1) is 37.3. The Bertz CT molecular complexity index is 1320. The van der Waals surface area contributed by atoms with Crippen molar-refractivity contribution in [2.75, 3.05) is 13.1 Å². The second-order valence-corrected chi connectivity index (χ2v) is 29.8. The van der Waals surface area contributed by atoms with Gasteiger partial charge < -0.3 is 10.6 Å². The molecule has 0 unspecified atom stereocenters. The first-order valence-corrected chi connectivity index (χ1v) is 20.1. The number of hydrogen-bond acceptors (Lipinski definition) is 6. The summed E-state index contributed by atoms with van der Waals surface area (Å²) in [6, 6.07) is 11.7. The summed E-state index contributed by atoms with van der Waals surface area (Å²) in [5.74, 6) is -0.659. The SMILES string of the molecule is O=C(NCCCCCCCCCNC(=O)c1cccc(S(=O)(=O)C(Br)(Br)Br)c1)c1cccc(S(=O)(=O)C(Br)(Br)Br)c1. The van der Waals surface area contributed by atoms with Gasteiger partial charge in [0.2, 0.25) is 22.6 Å². The van der Waals surface area contributed by atoms with Gasteiger partial charge in [-0.25, -0.2) is 16.8 Å². The van der Waals surface area contributed by atoms with Crippen LogP contribution in [0.15, 0.2) is 58.3 Å². The molecule has 0 aliphatic rings. The average Bonchev–Trinajstić information content (AvgIpc) is 2.90. The highest BCUT2D eigenvalue weighted by atomic mass is 80.0. The first-order chi connectivity index (χ1) is 19.0. The number of hydrogen-bond donors (Lipinski definition) is 2. The molecule has 0 saturated heterocycles. The highest BCUT2D eigenvalue weighted by molar-refractivity contribution is 9.42. The zero-order chi connectivity index (χ0) is 30.9. The van der Waals surface area contributed by atoms with Gasteiger partial charge in [0.1, 0.15) is 0 Å². The standard InChI is InChI=1S/C25H28Br6N2O6S2/c26-24(27,28)40(36,37)20-12-8-10-18(16-20)22(34)32-14-6-4-2-1-3-5-7-15-33-23(35)19-11-9-13-21(17-19)41(38,39)25(29,30)31/h8-13,16-17H,1-7,14-15H2,(H,32,34)(H,33,35). The molecular weight excluding hydrogens is 968 g/mol. The Morgan fingerprint density at radius 2 is 0.878 bits per heavy atom. The highest BCUT2D eigenvalue weighted by Crippen LogP contribution is 2.44. The minimum Gasteiger partial charge on any atom is -0.352 e. The van der Waals surface area contributed by atoms with Crippen LogP contribution in [0.3, 0.4) is 0 Å². The molecule has 2 amide bonds. The third kappa shape index (κ3) is 11.2. The van der Waals surface area contributed by atoms with Crippen molar-refractivity contribution < 1.29 is 26.4 Å². The second kappa shape index (κ2) is 16.5. The number of nitrogens with one attached hydrogen (secondary N) is 2. The maximum absolute atomic E-state index is 12.5. The van der Waals surface area contributed by atoms with E-state index in [9.17, 15) is 26.4 Å². The molecule has 0 atom stereocenters.